The van der Waals surface area contributed by atoms with Crippen LogP contribution in [0.5, 0.6) is 0 Å². The smallest absolute Gasteiger partial charge is 0.251 e. The normalized spacial score (nSPS) is 13.9. The fraction of sp³-hybridized carbons (Fsp3) is 0.536. The Morgan fingerprint density at radius 3 is 2.56 bits per heavy atom. The molecule has 1 fully saturated rings. The molecule has 0 saturated carbocycles. The molecule has 8 heteroatoms. The second kappa shape index (κ2) is 14.6. The molecule has 1 amide bonds. The lowest BCUT2D eigenvalue weighted by Gasteiger charge is -2.28. The van der Waals surface area contributed by atoms with E-state index in [0.717, 1.165) is 67.5 Å². The Hall–Kier alpha value is -2.97. The minimum atomic E-state index is -0.131. The van der Waals surface area contributed by atoms with Gasteiger partial charge in [0.15, 0.2) is 0 Å². The number of unbranched alkanes of at least 4 members (excludes halogenated alkanes) is 2. The van der Waals surface area contributed by atoms with E-state index < -0.39 is 0 Å². The third-order valence-electron chi connectivity index (χ3n) is 6.58. The van der Waals surface area contributed by atoms with E-state index in [2.05, 4.69) is 22.9 Å². The summed E-state index contributed by atoms with van der Waals surface area (Å²) in [6, 6.07) is 7.99. The zero-order valence-electron chi connectivity index (χ0n) is 21.7. The summed E-state index contributed by atoms with van der Waals surface area (Å²) in [7, 11) is 0. The molecule has 0 atom stereocenters. The van der Waals surface area contributed by atoms with Gasteiger partial charge >= 0.3 is 0 Å². The average molecular weight is 496 g/mol. The maximum Gasteiger partial charge on any atom is 0.251 e. The number of ether oxygens (including phenoxy) is 1. The van der Waals surface area contributed by atoms with Crippen molar-refractivity contribution in [2.45, 2.75) is 71.4 Å². The highest BCUT2D eigenvalue weighted by Gasteiger charge is 2.22. The molecule has 0 spiro atoms. The summed E-state index contributed by atoms with van der Waals surface area (Å²) in [6.45, 7) is 6.78. The summed E-state index contributed by atoms with van der Waals surface area (Å²) >= 11 is 0. The number of hydrogen-bond donors (Lipinski definition) is 5. The Bertz CT molecular complexity index is 988. The number of rotatable bonds is 14. The van der Waals surface area contributed by atoms with Crippen molar-refractivity contribution in [3.05, 3.63) is 52.2 Å². The van der Waals surface area contributed by atoms with Crippen LogP contribution in [-0.2, 0) is 24.1 Å². The molecule has 196 valence electrons. The van der Waals surface area contributed by atoms with Crippen molar-refractivity contribution in [3.8, 4) is 0 Å². The zero-order valence-corrected chi connectivity index (χ0v) is 21.7. The first-order valence-corrected chi connectivity index (χ1v) is 13.2. The van der Waals surface area contributed by atoms with E-state index in [-0.39, 0.29) is 18.6 Å². The molecule has 8 nitrogen and oxygen atoms in total. The minimum absolute atomic E-state index is 0.131. The molecular weight excluding hydrogens is 454 g/mol. The molecule has 2 heterocycles. The fourth-order valence-corrected chi connectivity index (χ4v) is 4.54. The zero-order chi connectivity index (χ0) is 25.8. The first-order chi connectivity index (χ1) is 17.6. The summed E-state index contributed by atoms with van der Waals surface area (Å²) in [5.74, 6) is 0.566. The van der Waals surface area contributed by atoms with E-state index in [1.807, 2.05) is 31.2 Å². The quantitative estimate of drug-likeness (QED) is 0.197. The van der Waals surface area contributed by atoms with Crippen molar-refractivity contribution in [2.24, 2.45) is 0 Å². The van der Waals surface area contributed by atoms with Gasteiger partial charge in [-0.15, -0.1) is 0 Å². The minimum Gasteiger partial charge on any atom is -0.396 e. The highest BCUT2D eigenvalue weighted by molar-refractivity contribution is 5.95. The Kier molecular flexibility index (Phi) is 11.2. The van der Waals surface area contributed by atoms with Gasteiger partial charge < -0.3 is 31.2 Å². The van der Waals surface area contributed by atoms with Crippen molar-refractivity contribution < 1.29 is 14.6 Å². The van der Waals surface area contributed by atoms with Gasteiger partial charge in [0.25, 0.3) is 5.91 Å². The number of carbonyl (C=O) groups is 1. The number of nitrogens with zero attached hydrogens (tertiary/aromatic N) is 1. The van der Waals surface area contributed by atoms with Crippen molar-refractivity contribution in [1.82, 2.24) is 10.3 Å². The summed E-state index contributed by atoms with van der Waals surface area (Å²) < 4.78 is 5.52. The molecule has 1 aliphatic rings. The maximum absolute atomic E-state index is 13.0. The maximum atomic E-state index is 13.0. The third kappa shape index (κ3) is 7.51. The van der Waals surface area contributed by atoms with Gasteiger partial charge in [-0.1, -0.05) is 25.5 Å². The van der Waals surface area contributed by atoms with Crippen LogP contribution in [0.25, 0.3) is 0 Å². The van der Waals surface area contributed by atoms with Crippen LogP contribution >= 0.6 is 0 Å². The van der Waals surface area contributed by atoms with Crippen molar-refractivity contribution in [3.63, 3.8) is 0 Å². The molecule has 1 aliphatic heterocycles. The molecule has 1 aromatic carbocycles. The van der Waals surface area contributed by atoms with E-state index in [9.17, 15) is 4.79 Å². The number of aromatic nitrogens is 1. The van der Waals surface area contributed by atoms with Gasteiger partial charge in [-0.3, -0.25) is 4.79 Å². The van der Waals surface area contributed by atoms with Crippen LogP contribution < -0.4 is 16.0 Å². The predicted octanol–water partition coefficient (Wildman–Crippen LogP) is 4.30. The first kappa shape index (κ1) is 27.6. The van der Waals surface area contributed by atoms with Crippen molar-refractivity contribution in [2.75, 3.05) is 37.0 Å². The average Bonchev–Trinajstić information content (AvgIpc) is 2.91. The standard InChI is InChI=1S/C28H41N5O3/c1-3-25-24(19-31-28(35)21-11-9-20(10-12-21)8-6-5-7-15-34)26(32-22-13-16-36-17-14-22)23(18-29)27(33-25)30-4-2/h9-12,18,22,29,34H,3-8,13-17,19H2,1-2H3,(H,31,35)(H2,30,32,33). The molecular formula is C28H41N5O3. The highest BCUT2D eigenvalue weighted by atomic mass is 16.5. The van der Waals surface area contributed by atoms with Gasteiger partial charge in [0.2, 0.25) is 0 Å². The second-order valence-corrected chi connectivity index (χ2v) is 9.15. The molecule has 1 aromatic heterocycles. The molecule has 0 unspecified atom stereocenters. The van der Waals surface area contributed by atoms with Gasteiger partial charge in [-0.05, 0) is 63.1 Å². The van der Waals surface area contributed by atoms with Gasteiger partial charge in [0.1, 0.15) is 5.82 Å². The predicted molar refractivity (Wildman–Crippen MR) is 145 cm³/mol. The topological polar surface area (TPSA) is 119 Å². The molecule has 36 heavy (non-hydrogen) atoms. The number of hydrogen-bond acceptors (Lipinski definition) is 7. The van der Waals surface area contributed by atoms with Crippen LogP contribution in [0.3, 0.4) is 0 Å². The Morgan fingerprint density at radius 1 is 1.17 bits per heavy atom. The molecule has 0 aliphatic carbocycles. The number of aliphatic hydroxyl groups excluding tert-OH is 1. The number of carbonyl (C=O) groups excluding carboxylic acids is 1. The lowest BCUT2D eigenvalue weighted by atomic mass is 10.0. The number of aryl methyl sites for hydroxylation is 2. The number of anilines is 2. The molecule has 1 saturated heterocycles. The number of benzene rings is 1. The second-order valence-electron chi connectivity index (χ2n) is 9.15. The van der Waals surface area contributed by atoms with Gasteiger partial charge in [0, 0.05) is 62.0 Å². The third-order valence-corrected chi connectivity index (χ3v) is 6.58. The summed E-state index contributed by atoms with van der Waals surface area (Å²) in [5, 5.41) is 27.1. The van der Waals surface area contributed by atoms with Crippen LogP contribution in [0.4, 0.5) is 11.5 Å². The molecule has 5 N–H and O–H groups in total. The monoisotopic (exact) mass is 495 g/mol. The van der Waals surface area contributed by atoms with Crippen LogP contribution in [0.15, 0.2) is 24.3 Å². The summed E-state index contributed by atoms with van der Waals surface area (Å²) in [5.41, 5.74) is 5.24. The van der Waals surface area contributed by atoms with Crippen LogP contribution in [0.2, 0.25) is 0 Å². The van der Waals surface area contributed by atoms with Gasteiger partial charge in [-0.2, -0.15) is 0 Å². The summed E-state index contributed by atoms with van der Waals surface area (Å²) in [4.78, 5) is 17.8. The van der Waals surface area contributed by atoms with Crippen molar-refractivity contribution >= 4 is 23.6 Å². The Labute approximate surface area is 214 Å². The van der Waals surface area contributed by atoms with Crippen LogP contribution in [0.1, 0.15) is 78.7 Å². The molecule has 0 radical (unpaired) electrons. The van der Waals surface area contributed by atoms with E-state index in [1.165, 1.54) is 11.8 Å². The fourth-order valence-electron chi connectivity index (χ4n) is 4.54. The van der Waals surface area contributed by atoms with Crippen molar-refractivity contribution in [1.29, 1.82) is 5.41 Å². The largest absolute Gasteiger partial charge is 0.396 e. The highest BCUT2D eigenvalue weighted by Crippen LogP contribution is 2.31. The Morgan fingerprint density at radius 2 is 1.92 bits per heavy atom. The van der Waals surface area contributed by atoms with E-state index in [1.54, 1.807) is 0 Å². The molecule has 3 rings (SSSR count). The van der Waals surface area contributed by atoms with E-state index >= 15 is 0 Å². The lowest BCUT2D eigenvalue weighted by Crippen LogP contribution is -2.31. The van der Waals surface area contributed by atoms with E-state index in [4.69, 9.17) is 20.2 Å². The number of aliphatic hydroxyl groups is 1. The SMILES string of the molecule is CCNc1nc(CC)c(CNC(=O)c2ccc(CCCCCO)cc2)c(NC2CCOCC2)c1C=N. The Balaban J connectivity index is 1.78. The van der Waals surface area contributed by atoms with Gasteiger partial charge in [0.05, 0.1) is 11.3 Å². The molecule has 0 bridgehead atoms. The van der Waals surface area contributed by atoms with E-state index in [0.29, 0.717) is 37.7 Å². The van der Waals surface area contributed by atoms with Crippen LogP contribution in [-0.4, -0.2) is 54.6 Å². The van der Waals surface area contributed by atoms with Crippen LogP contribution in [0, 0.1) is 5.41 Å². The first-order valence-electron chi connectivity index (χ1n) is 13.2. The summed E-state index contributed by atoms with van der Waals surface area (Å²) in [6.07, 6.45) is 7.66. The number of nitrogens with one attached hydrogen (secondary N) is 4. The molecule has 2 aromatic rings. The van der Waals surface area contributed by atoms with Gasteiger partial charge in [-0.25, -0.2) is 4.98 Å². The lowest BCUT2D eigenvalue weighted by molar-refractivity contribution is 0.0904. The number of pyridine rings is 1. The number of amides is 1.